The lowest BCUT2D eigenvalue weighted by atomic mass is 9.84. The predicted octanol–water partition coefficient (Wildman–Crippen LogP) is 3.38. The van der Waals surface area contributed by atoms with E-state index < -0.39 is 17.6 Å². The molecule has 0 unspecified atom stereocenters. The van der Waals surface area contributed by atoms with Crippen LogP contribution in [0.3, 0.4) is 0 Å². The van der Waals surface area contributed by atoms with Crippen molar-refractivity contribution in [2.75, 3.05) is 19.6 Å². The number of benzene rings is 1. The van der Waals surface area contributed by atoms with Gasteiger partial charge in [0, 0.05) is 48.9 Å². The van der Waals surface area contributed by atoms with E-state index in [0.717, 1.165) is 62.9 Å². The zero-order chi connectivity index (χ0) is 28.3. The molecule has 3 fully saturated rings. The number of pyridine rings is 1. The molecule has 1 saturated carbocycles. The van der Waals surface area contributed by atoms with Gasteiger partial charge in [0.25, 0.3) is 5.91 Å². The van der Waals surface area contributed by atoms with Crippen molar-refractivity contribution >= 4 is 17.7 Å². The van der Waals surface area contributed by atoms with Gasteiger partial charge in [0.05, 0.1) is 24.3 Å². The van der Waals surface area contributed by atoms with Crippen LogP contribution in [0.2, 0.25) is 0 Å². The molecule has 2 atom stereocenters. The minimum Gasteiger partial charge on any atom is -0.350 e. The van der Waals surface area contributed by atoms with Crippen LogP contribution >= 0.6 is 0 Å². The summed E-state index contributed by atoms with van der Waals surface area (Å²) in [6.45, 7) is 1.66. The summed E-state index contributed by atoms with van der Waals surface area (Å²) in [7, 11) is 0. The Kier molecular flexibility index (Phi) is 8.39. The van der Waals surface area contributed by atoms with Gasteiger partial charge in [-0.2, -0.15) is 13.2 Å². The Morgan fingerprint density at radius 3 is 2.40 bits per heavy atom. The molecule has 2 saturated heterocycles. The van der Waals surface area contributed by atoms with E-state index in [9.17, 15) is 27.6 Å². The highest BCUT2D eigenvalue weighted by atomic mass is 19.4. The number of amides is 3. The second kappa shape index (κ2) is 12.0. The Labute approximate surface area is 231 Å². The van der Waals surface area contributed by atoms with Crippen molar-refractivity contribution in [2.45, 2.75) is 69.4 Å². The quantitative estimate of drug-likeness (QED) is 0.545. The molecule has 8 nitrogen and oxygen atoms in total. The van der Waals surface area contributed by atoms with Gasteiger partial charge in [-0.1, -0.05) is 12.1 Å². The predicted molar refractivity (Wildman–Crippen MR) is 141 cm³/mol. The van der Waals surface area contributed by atoms with Crippen molar-refractivity contribution in [1.29, 1.82) is 0 Å². The molecular weight excluding hydrogens is 523 g/mol. The maximum atomic E-state index is 13.0. The summed E-state index contributed by atoms with van der Waals surface area (Å²) in [5.41, 5.74) is -0.197. The van der Waals surface area contributed by atoms with Gasteiger partial charge in [0.15, 0.2) is 0 Å². The molecule has 5 rings (SSSR count). The monoisotopic (exact) mass is 557 g/mol. The average Bonchev–Trinajstić information content (AvgIpc) is 3.57. The number of halogens is 3. The molecule has 1 aliphatic carbocycles. The van der Waals surface area contributed by atoms with Gasteiger partial charge in [-0.3, -0.25) is 24.3 Å². The second-order valence-corrected chi connectivity index (χ2v) is 10.8. The van der Waals surface area contributed by atoms with E-state index in [1.54, 1.807) is 6.20 Å². The molecule has 1 aromatic carbocycles. The number of rotatable bonds is 7. The van der Waals surface area contributed by atoms with Gasteiger partial charge in [-0.15, -0.1) is 0 Å². The Hall–Kier alpha value is -3.47. The molecule has 0 radical (unpaired) electrons. The van der Waals surface area contributed by atoms with E-state index in [-0.39, 0.29) is 41.9 Å². The number of nitrogens with zero attached hydrogens (tertiary/aromatic N) is 3. The summed E-state index contributed by atoms with van der Waals surface area (Å²) >= 11 is 0. The lowest BCUT2D eigenvalue weighted by Gasteiger charge is -2.37. The van der Waals surface area contributed by atoms with Crippen molar-refractivity contribution < 1.29 is 27.6 Å². The highest BCUT2D eigenvalue weighted by Gasteiger charge is 2.47. The van der Waals surface area contributed by atoms with Crippen LogP contribution in [0.25, 0.3) is 0 Å². The largest absolute Gasteiger partial charge is 0.416 e. The van der Waals surface area contributed by atoms with Crippen molar-refractivity contribution in [3.05, 3.63) is 65.5 Å². The standard InChI is InChI=1S/C29H34F3N5O3/c30-29(31,32)21-5-3-4-20(16-21)28(40)35-18-26(38)37-15-12-24-25(37)11-14-36(24)23-9-7-19(8-10-23)27(39)34-17-22-6-1-2-13-33-22/h1-6,13,16,19,23-25H,7-12,14-15,17-18H2,(H,34,39)(H,35,40)/t19?,23?,24-,25-/m1/s1. The first-order chi connectivity index (χ1) is 19.2. The Morgan fingerprint density at radius 2 is 1.68 bits per heavy atom. The Balaban J connectivity index is 1.08. The molecule has 214 valence electrons. The fourth-order valence-electron chi connectivity index (χ4n) is 6.47. The van der Waals surface area contributed by atoms with Crippen LogP contribution < -0.4 is 10.6 Å². The highest BCUT2D eigenvalue weighted by molar-refractivity contribution is 5.96. The van der Waals surface area contributed by atoms with Crippen LogP contribution in [0.15, 0.2) is 48.7 Å². The van der Waals surface area contributed by atoms with Crippen molar-refractivity contribution in [1.82, 2.24) is 25.4 Å². The fraction of sp³-hybridized carbons (Fsp3) is 0.517. The van der Waals surface area contributed by atoms with Gasteiger partial charge in [-0.05, 0) is 68.9 Å². The van der Waals surface area contributed by atoms with E-state index in [4.69, 9.17) is 0 Å². The van der Waals surface area contributed by atoms with Crippen LogP contribution in [0.5, 0.6) is 0 Å². The molecule has 11 heteroatoms. The van der Waals surface area contributed by atoms with Gasteiger partial charge >= 0.3 is 6.18 Å². The van der Waals surface area contributed by atoms with Gasteiger partial charge in [0.1, 0.15) is 0 Å². The average molecular weight is 558 g/mol. The van der Waals surface area contributed by atoms with E-state index in [1.807, 2.05) is 23.1 Å². The van der Waals surface area contributed by atoms with Crippen LogP contribution in [-0.2, 0) is 22.3 Å². The maximum Gasteiger partial charge on any atom is 0.416 e. The van der Waals surface area contributed by atoms with E-state index in [1.165, 1.54) is 12.1 Å². The molecule has 40 heavy (non-hydrogen) atoms. The van der Waals surface area contributed by atoms with Gasteiger partial charge in [0.2, 0.25) is 11.8 Å². The highest BCUT2D eigenvalue weighted by Crippen LogP contribution is 2.38. The SMILES string of the molecule is O=C(NCC(=O)N1CC[C@@H]2[C@H]1CCN2C1CCC(C(=O)NCc2ccccn2)CC1)c1cccc(C(F)(F)F)c1. The molecule has 0 bridgehead atoms. The molecular formula is C29H34F3N5O3. The maximum absolute atomic E-state index is 13.0. The molecule has 3 aliphatic rings. The molecule has 3 amide bonds. The summed E-state index contributed by atoms with van der Waals surface area (Å²) in [5.74, 6) is -0.847. The third-order valence-corrected chi connectivity index (χ3v) is 8.50. The van der Waals surface area contributed by atoms with Crippen LogP contribution in [0.4, 0.5) is 13.2 Å². The summed E-state index contributed by atoms with van der Waals surface area (Å²) in [4.78, 5) is 46.7. The van der Waals surface area contributed by atoms with Crippen LogP contribution in [0.1, 0.15) is 60.1 Å². The van der Waals surface area contributed by atoms with Gasteiger partial charge < -0.3 is 15.5 Å². The molecule has 2 aromatic rings. The number of aromatic nitrogens is 1. The van der Waals surface area contributed by atoms with Crippen molar-refractivity contribution in [3.8, 4) is 0 Å². The van der Waals surface area contributed by atoms with E-state index in [2.05, 4.69) is 20.5 Å². The minimum absolute atomic E-state index is 0.000420. The Bertz CT molecular complexity index is 1220. The zero-order valence-corrected chi connectivity index (χ0v) is 22.2. The van der Waals surface area contributed by atoms with Crippen molar-refractivity contribution in [2.24, 2.45) is 5.92 Å². The molecule has 0 spiro atoms. The first-order valence-corrected chi connectivity index (χ1v) is 13.9. The molecule has 2 N–H and O–H groups in total. The lowest BCUT2D eigenvalue weighted by molar-refractivity contribution is -0.137. The van der Waals surface area contributed by atoms with E-state index >= 15 is 0 Å². The smallest absolute Gasteiger partial charge is 0.350 e. The number of carbonyl (C=O) groups excluding carboxylic acids is 3. The zero-order valence-electron chi connectivity index (χ0n) is 22.2. The number of fused-ring (bicyclic) bond motifs is 1. The summed E-state index contributed by atoms with van der Waals surface area (Å²) < 4.78 is 38.9. The molecule has 1 aromatic heterocycles. The number of carbonyl (C=O) groups is 3. The number of alkyl halides is 3. The minimum atomic E-state index is -4.54. The first kappa shape index (κ1) is 28.1. The molecule has 2 aliphatic heterocycles. The lowest BCUT2D eigenvalue weighted by Crippen LogP contribution is -2.47. The molecule has 3 heterocycles. The number of likely N-dealkylation sites (tertiary alicyclic amines) is 2. The van der Waals surface area contributed by atoms with Crippen LogP contribution in [-0.4, -0.2) is 70.3 Å². The fourth-order valence-corrected chi connectivity index (χ4v) is 6.47. The van der Waals surface area contributed by atoms with Crippen LogP contribution in [0, 0.1) is 5.92 Å². The summed E-state index contributed by atoms with van der Waals surface area (Å²) in [5, 5.41) is 5.50. The normalized spacial score (nSPS) is 24.9. The Morgan fingerprint density at radius 1 is 0.900 bits per heavy atom. The van der Waals surface area contributed by atoms with E-state index in [0.29, 0.717) is 19.1 Å². The third kappa shape index (κ3) is 6.29. The summed E-state index contributed by atoms with van der Waals surface area (Å²) in [6.07, 6.45) is 2.40. The van der Waals surface area contributed by atoms with Crippen molar-refractivity contribution in [3.63, 3.8) is 0 Å². The number of nitrogens with one attached hydrogen (secondary N) is 2. The first-order valence-electron chi connectivity index (χ1n) is 13.9. The number of hydrogen-bond acceptors (Lipinski definition) is 5. The van der Waals surface area contributed by atoms with Gasteiger partial charge in [-0.25, -0.2) is 0 Å². The summed E-state index contributed by atoms with van der Waals surface area (Å²) in [6, 6.07) is 10.5. The number of hydrogen-bond donors (Lipinski definition) is 2. The third-order valence-electron chi connectivity index (χ3n) is 8.50. The second-order valence-electron chi connectivity index (χ2n) is 10.8. The topological polar surface area (TPSA) is 94.6 Å².